The van der Waals surface area contributed by atoms with Crippen LogP contribution in [0.25, 0.3) is 10.9 Å². The molecule has 34 heavy (non-hydrogen) atoms. The molecule has 0 bridgehead atoms. The summed E-state index contributed by atoms with van der Waals surface area (Å²) < 4.78 is 5.50. The van der Waals surface area contributed by atoms with Crippen LogP contribution in [0.1, 0.15) is 36.5 Å². The molecule has 0 spiro atoms. The fourth-order valence-electron chi connectivity index (χ4n) is 4.83. The third kappa shape index (κ3) is 5.10. The number of nitrogens with zero attached hydrogens (tertiary/aromatic N) is 2. The van der Waals surface area contributed by atoms with Crippen molar-refractivity contribution >= 4 is 33.9 Å². The largest absolute Gasteiger partial charge is 0.495 e. The monoisotopic (exact) mass is 478 g/mol. The van der Waals surface area contributed by atoms with E-state index in [1.165, 1.54) is 12.0 Å². The molecule has 2 heterocycles. The summed E-state index contributed by atoms with van der Waals surface area (Å²) in [6.07, 6.45) is 2.32. The highest BCUT2D eigenvalue weighted by Gasteiger charge is 2.27. The molecule has 0 amide bonds. The number of H-pyrrole nitrogens is 1. The minimum Gasteiger partial charge on any atom is -0.495 e. The summed E-state index contributed by atoms with van der Waals surface area (Å²) >= 11 is 5.88. The molecule has 1 aliphatic heterocycles. The number of likely N-dealkylation sites (N-methyl/N-ethyl adjacent to an activating group) is 1. The van der Waals surface area contributed by atoms with Gasteiger partial charge in [-0.3, -0.25) is 9.69 Å². The van der Waals surface area contributed by atoms with Gasteiger partial charge in [0.1, 0.15) is 5.75 Å². The summed E-state index contributed by atoms with van der Waals surface area (Å²) in [5, 5.41) is 4.99. The number of hydrogen-bond donors (Lipinski definition) is 2. The van der Waals surface area contributed by atoms with Crippen LogP contribution in [0.2, 0.25) is 0 Å². The minimum atomic E-state index is -0.0648. The lowest BCUT2D eigenvalue weighted by Gasteiger charge is -2.32. The van der Waals surface area contributed by atoms with Gasteiger partial charge in [-0.2, -0.15) is 0 Å². The zero-order valence-corrected chi connectivity index (χ0v) is 21.3. The molecule has 2 aromatic carbocycles. The molecule has 1 saturated heterocycles. The van der Waals surface area contributed by atoms with Crippen LogP contribution in [0.15, 0.2) is 47.3 Å². The summed E-state index contributed by atoms with van der Waals surface area (Å²) in [4.78, 5) is 20.8. The topological polar surface area (TPSA) is 60.6 Å². The van der Waals surface area contributed by atoms with Crippen molar-refractivity contribution in [3.05, 3.63) is 69.5 Å². The number of aromatic amines is 1. The Balaban J connectivity index is 1.65. The molecular weight excluding hydrogens is 444 g/mol. The van der Waals surface area contributed by atoms with Crippen molar-refractivity contribution in [2.45, 2.75) is 46.2 Å². The van der Waals surface area contributed by atoms with E-state index in [4.69, 9.17) is 17.0 Å². The molecule has 0 radical (unpaired) electrons. The molecule has 4 rings (SSSR count). The van der Waals surface area contributed by atoms with Crippen LogP contribution in [-0.4, -0.2) is 52.7 Å². The smallest absolute Gasteiger partial charge is 0.253 e. The lowest BCUT2D eigenvalue weighted by atomic mass is 10.0. The lowest BCUT2D eigenvalue weighted by Crippen LogP contribution is -2.44. The van der Waals surface area contributed by atoms with E-state index in [0.717, 1.165) is 54.0 Å². The molecule has 6 nitrogen and oxygen atoms in total. The van der Waals surface area contributed by atoms with E-state index in [1.807, 2.05) is 37.3 Å². The number of anilines is 1. The zero-order valence-electron chi connectivity index (χ0n) is 20.5. The molecule has 0 aliphatic carbocycles. The van der Waals surface area contributed by atoms with Gasteiger partial charge in [-0.15, -0.1) is 0 Å². The van der Waals surface area contributed by atoms with Crippen molar-refractivity contribution in [3.63, 3.8) is 0 Å². The standard InChI is InChI=1S/C27H34N4O2S/c1-5-30-14-8-9-22(30)17-31(27(34)28-23-10-6-7-11-24(23)33-4)16-21-15-20-13-12-18(2)19(3)25(20)29-26(21)32/h6-7,10-13,15,22H,5,8-9,14,16-17H2,1-4H3,(H,28,34)(H,29,32). The summed E-state index contributed by atoms with van der Waals surface area (Å²) in [5.41, 5.74) is 4.64. The number of methoxy groups -OCH3 is 1. The predicted molar refractivity (Wildman–Crippen MR) is 144 cm³/mol. The molecule has 7 heteroatoms. The number of thiocarbonyl (C=S) groups is 1. The summed E-state index contributed by atoms with van der Waals surface area (Å²) in [6.45, 7) is 9.63. The normalized spacial score (nSPS) is 16.1. The Kier molecular flexibility index (Phi) is 7.54. The van der Waals surface area contributed by atoms with Gasteiger partial charge in [0.05, 0.1) is 24.9 Å². The molecule has 1 unspecified atom stereocenters. The third-order valence-corrected chi connectivity index (χ3v) is 7.32. The molecule has 1 aliphatic rings. The van der Waals surface area contributed by atoms with Crippen LogP contribution in [0.5, 0.6) is 5.75 Å². The maximum absolute atomic E-state index is 13.1. The quantitative estimate of drug-likeness (QED) is 0.474. The average Bonchev–Trinajstić information content (AvgIpc) is 3.29. The maximum Gasteiger partial charge on any atom is 0.253 e. The Morgan fingerprint density at radius 2 is 2.06 bits per heavy atom. The predicted octanol–water partition coefficient (Wildman–Crippen LogP) is 4.84. The van der Waals surface area contributed by atoms with Gasteiger partial charge in [-0.25, -0.2) is 0 Å². The molecule has 1 fully saturated rings. The molecule has 2 N–H and O–H groups in total. The average molecular weight is 479 g/mol. The third-order valence-electron chi connectivity index (χ3n) is 6.96. The minimum absolute atomic E-state index is 0.0648. The number of aromatic nitrogens is 1. The maximum atomic E-state index is 13.1. The number of aryl methyl sites for hydroxylation is 2. The van der Waals surface area contributed by atoms with Crippen LogP contribution in [0.3, 0.4) is 0 Å². The summed E-state index contributed by atoms with van der Waals surface area (Å²) in [7, 11) is 1.65. The number of pyridine rings is 1. The lowest BCUT2D eigenvalue weighted by molar-refractivity contribution is 0.221. The van der Waals surface area contributed by atoms with Crippen LogP contribution in [-0.2, 0) is 6.54 Å². The van der Waals surface area contributed by atoms with Gasteiger partial charge in [0.2, 0.25) is 0 Å². The second-order valence-corrected chi connectivity index (χ2v) is 9.42. The van der Waals surface area contributed by atoms with Gasteiger partial charge < -0.3 is 19.9 Å². The number of para-hydroxylation sites is 2. The van der Waals surface area contributed by atoms with E-state index in [2.05, 4.69) is 46.1 Å². The molecular formula is C27H34N4O2S. The number of likely N-dealkylation sites (tertiary alicyclic amines) is 1. The van der Waals surface area contributed by atoms with E-state index in [-0.39, 0.29) is 5.56 Å². The first-order valence-corrected chi connectivity index (χ1v) is 12.4. The fourth-order valence-corrected chi connectivity index (χ4v) is 5.08. The number of benzene rings is 2. The number of ether oxygens (including phenoxy) is 1. The number of rotatable bonds is 7. The molecule has 0 saturated carbocycles. The second kappa shape index (κ2) is 10.6. The van der Waals surface area contributed by atoms with E-state index in [9.17, 15) is 4.79 Å². The Bertz CT molecular complexity index is 1240. The second-order valence-electron chi connectivity index (χ2n) is 9.03. The van der Waals surface area contributed by atoms with Gasteiger partial charge in [0, 0.05) is 18.2 Å². The number of nitrogens with one attached hydrogen (secondary N) is 2. The van der Waals surface area contributed by atoms with E-state index in [0.29, 0.717) is 23.3 Å². The van der Waals surface area contributed by atoms with E-state index < -0.39 is 0 Å². The Morgan fingerprint density at radius 1 is 1.26 bits per heavy atom. The van der Waals surface area contributed by atoms with Crippen LogP contribution in [0.4, 0.5) is 5.69 Å². The van der Waals surface area contributed by atoms with Crippen molar-refractivity contribution in [2.75, 3.05) is 32.1 Å². The van der Waals surface area contributed by atoms with E-state index >= 15 is 0 Å². The summed E-state index contributed by atoms with van der Waals surface area (Å²) in [5.74, 6) is 0.732. The Hall–Kier alpha value is -2.90. The summed E-state index contributed by atoms with van der Waals surface area (Å²) in [6, 6.07) is 14.3. The van der Waals surface area contributed by atoms with E-state index in [1.54, 1.807) is 7.11 Å². The number of hydrogen-bond acceptors (Lipinski definition) is 4. The first kappa shape index (κ1) is 24.2. The highest BCUT2D eigenvalue weighted by atomic mass is 32.1. The SMILES string of the molecule is CCN1CCCC1CN(Cc1cc2ccc(C)c(C)c2[nH]c1=O)C(=S)Nc1ccccc1OC. The van der Waals surface area contributed by atoms with Crippen LogP contribution >= 0.6 is 12.2 Å². The molecule has 1 atom stereocenters. The van der Waals surface area contributed by atoms with Gasteiger partial charge >= 0.3 is 0 Å². The highest BCUT2D eigenvalue weighted by molar-refractivity contribution is 7.80. The van der Waals surface area contributed by atoms with Gasteiger partial charge in [0.25, 0.3) is 5.56 Å². The van der Waals surface area contributed by atoms with Crippen molar-refractivity contribution < 1.29 is 4.74 Å². The number of fused-ring (bicyclic) bond motifs is 1. The molecule has 3 aromatic rings. The van der Waals surface area contributed by atoms with Gasteiger partial charge in [0.15, 0.2) is 5.11 Å². The van der Waals surface area contributed by atoms with Crippen molar-refractivity contribution in [1.82, 2.24) is 14.8 Å². The van der Waals surface area contributed by atoms with Gasteiger partial charge in [-0.05, 0) is 86.7 Å². The van der Waals surface area contributed by atoms with Crippen molar-refractivity contribution in [2.24, 2.45) is 0 Å². The van der Waals surface area contributed by atoms with Crippen molar-refractivity contribution in [3.8, 4) is 5.75 Å². The highest BCUT2D eigenvalue weighted by Crippen LogP contribution is 2.25. The first-order chi connectivity index (χ1) is 16.4. The molecule has 1 aromatic heterocycles. The Morgan fingerprint density at radius 3 is 2.82 bits per heavy atom. The van der Waals surface area contributed by atoms with Crippen LogP contribution in [0, 0.1) is 13.8 Å². The van der Waals surface area contributed by atoms with Crippen molar-refractivity contribution in [1.29, 1.82) is 0 Å². The molecule has 180 valence electrons. The van der Waals surface area contributed by atoms with Gasteiger partial charge in [-0.1, -0.05) is 31.2 Å². The zero-order chi connectivity index (χ0) is 24.2. The Labute approximate surface area is 206 Å². The fraction of sp³-hybridized carbons (Fsp3) is 0.407. The first-order valence-electron chi connectivity index (χ1n) is 12.0. The van der Waals surface area contributed by atoms with Crippen LogP contribution < -0.4 is 15.6 Å².